The molecule has 0 heterocycles. The topological polar surface area (TPSA) is 20.2 Å². The minimum Gasteiger partial charge on any atom is -0.384 e. The monoisotopic (exact) mass is 328 g/mol. The first-order valence-electron chi connectivity index (χ1n) is 5.38. The van der Waals surface area contributed by atoms with Gasteiger partial charge in [-0.25, -0.2) is 4.39 Å². The maximum absolute atomic E-state index is 13.9. The van der Waals surface area contributed by atoms with Gasteiger partial charge in [0.2, 0.25) is 0 Å². The van der Waals surface area contributed by atoms with Crippen molar-refractivity contribution < 1.29 is 9.50 Å². The van der Waals surface area contributed by atoms with Crippen molar-refractivity contribution in [3.63, 3.8) is 0 Å². The molecule has 0 amide bonds. The fraction of sp³-hybridized carbons (Fsp3) is 0.143. The molecular weight excluding hydrogens is 319 g/mol. The van der Waals surface area contributed by atoms with E-state index in [1.165, 1.54) is 0 Å². The van der Waals surface area contributed by atoms with Gasteiger partial charge in [-0.2, -0.15) is 0 Å². The molecule has 0 aliphatic rings. The second-order valence-electron chi connectivity index (χ2n) is 4.11. The van der Waals surface area contributed by atoms with Crippen LogP contribution < -0.4 is 0 Å². The normalized spacial score (nSPS) is 12.5. The summed E-state index contributed by atoms with van der Waals surface area (Å²) in [5, 5.41) is 10.8. The third-order valence-electron chi connectivity index (χ3n) is 2.66. The van der Waals surface area contributed by atoms with Crippen LogP contribution >= 0.6 is 27.5 Å². The Hall–Kier alpha value is -0.900. The number of hydrogen-bond donors (Lipinski definition) is 1. The van der Waals surface area contributed by atoms with Crippen LogP contribution in [0.4, 0.5) is 4.39 Å². The Bertz CT molecular complexity index is 566. The molecule has 0 saturated carbocycles. The number of aliphatic hydroxyl groups is 1. The van der Waals surface area contributed by atoms with E-state index in [0.29, 0.717) is 15.1 Å². The maximum atomic E-state index is 13.9. The summed E-state index contributed by atoms with van der Waals surface area (Å²) in [7, 11) is 0. The molecule has 0 saturated heterocycles. The quantitative estimate of drug-likeness (QED) is 0.851. The molecule has 1 N–H and O–H groups in total. The van der Waals surface area contributed by atoms with Crippen molar-refractivity contribution in [2.24, 2.45) is 0 Å². The summed E-state index contributed by atoms with van der Waals surface area (Å²) in [6, 6.07) is 10.0. The number of rotatable bonds is 2. The fourth-order valence-corrected chi connectivity index (χ4v) is 2.51. The molecule has 2 aromatic carbocycles. The van der Waals surface area contributed by atoms with Crippen molar-refractivity contribution in [3.05, 3.63) is 68.4 Å². The average molecular weight is 330 g/mol. The minimum absolute atomic E-state index is 0.228. The summed E-state index contributed by atoms with van der Waals surface area (Å²) in [4.78, 5) is 0. The number of halogens is 3. The summed E-state index contributed by atoms with van der Waals surface area (Å²) >= 11 is 9.04. The molecular formula is C14H11BrClFO. The molecule has 2 rings (SSSR count). The molecule has 0 aliphatic heterocycles. The number of benzene rings is 2. The van der Waals surface area contributed by atoms with Gasteiger partial charge in [0.15, 0.2) is 0 Å². The highest BCUT2D eigenvalue weighted by Crippen LogP contribution is 2.30. The first kappa shape index (κ1) is 13.5. The molecule has 1 atom stereocenters. The van der Waals surface area contributed by atoms with Gasteiger partial charge in [-0.05, 0) is 52.2 Å². The van der Waals surface area contributed by atoms with E-state index in [2.05, 4.69) is 15.9 Å². The van der Waals surface area contributed by atoms with Crippen LogP contribution in [0, 0.1) is 12.7 Å². The standard InChI is InChI=1S/C14H11BrClFO/c1-8-5-9(7-10(16)6-8)14(18)11-3-2-4-12(15)13(11)17/h2-7,14,18H,1H3. The van der Waals surface area contributed by atoms with Gasteiger partial charge in [-0.3, -0.25) is 0 Å². The van der Waals surface area contributed by atoms with Crippen molar-refractivity contribution in [1.29, 1.82) is 0 Å². The number of aliphatic hydroxyl groups excluding tert-OH is 1. The maximum Gasteiger partial charge on any atom is 0.143 e. The van der Waals surface area contributed by atoms with Gasteiger partial charge in [-0.1, -0.05) is 29.8 Å². The summed E-state index contributed by atoms with van der Waals surface area (Å²) < 4.78 is 14.2. The molecule has 4 heteroatoms. The van der Waals surface area contributed by atoms with Crippen LogP contribution in [0.15, 0.2) is 40.9 Å². The summed E-state index contributed by atoms with van der Waals surface area (Å²) in [5.41, 5.74) is 1.73. The largest absolute Gasteiger partial charge is 0.384 e. The Morgan fingerprint density at radius 3 is 2.67 bits per heavy atom. The summed E-state index contributed by atoms with van der Waals surface area (Å²) in [5.74, 6) is -0.456. The van der Waals surface area contributed by atoms with Crippen molar-refractivity contribution >= 4 is 27.5 Å². The zero-order valence-corrected chi connectivity index (χ0v) is 12.0. The van der Waals surface area contributed by atoms with Gasteiger partial charge in [0.05, 0.1) is 4.47 Å². The van der Waals surface area contributed by atoms with Crippen molar-refractivity contribution in [3.8, 4) is 0 Å². The minimum atomic E-state index is -1.03. The van der Waals surface area contributed by atoms with E-state index in [-0.39, 0.29) is 5.56 Å². The van der Waals surface area contributed by atoms with E-state index in [1.54, 1.807) is 36.4 Å². The van der Waals surface area contributed by atoms with E-state index in [9.17, 15) is 9.50 Å². The molecule has 18 heavy (non-hydrogen) atoms. The first-order chi connectivity index (χ1) is 8.49. The van der Waals surface area contributed by atoms with Crippen LogP contribution in [0.3, 0.4) is 0 Å². The van der Waals surface area contributed by atoms with Crippen LogP contribution in [0.2, 0.25) is 5.02 Å². The molecule has 0 spiro atoms. The highest BCUT2D eigenvalue weighted by molar-refractivity contribution is 9.10. The van der Waals surface area contributed by atoms with Gasteiger partial charge in [0, 0.05) is 10.6 Å². The Labute approximate surface area is 118 Å². The lowest BCUT2D eigenvalue weighted by Gasteiger charge is -2.14. The lowest BCUT2D eigenvalue weighted by atomic mass is 9.99. The molecule has 94 valence electrons. The van der Waals surface area contributed by atoms with E-state index in [1.807, 2.05) is 6.92 Å². The first-order valence-corrected chi connectivity index (χ1v) is 6.55. The van der Waals surface area contributed by atoms with Gasteiger partial charge in [0.1, 0.15) is 11.9 Å². The third kappa shape index (κ3) is 2.74. The molecule has 0 aliphatic carbocycles. The smallest absolute Gasteiger partial charge is 0.143 e. The van der Waals surface area contributed by atoms with E-state index < -0.39 is 11.9 Å². The van der Waals surface area contributed by atoms with Crippen LogP contribution in [0.5, 0.6) is 0 Å². The van der Waals surface area contributed by atoms with E-state index in [0.717, 1.165) is 5.56 Å². The average Bonchev–Trinajstić information content (AvgIpc) is 2.30. The van der Waals surface area contributed by atoms with Crippen LogP contribution in [0.25, 0.3) is 0 Å². The molecule has 0 aromatic heterocycles. The van der Waals surface area contributed by atoms with Gasteiger partial charge >= 0.3 is 0 Å². The van der Waals surface area contributed by atoms with Crippen LogP contribution in [0.1, 0.15) is 22.8 Å². The van der Waals surface area contributed by atoms with Crippen molar-refractivity contribution in [1.82, 2.24) is 0 Å². The Balaban J connectivity index is 2.47. The molecule has 1 nitrogen and oxygen atoms in total. The van der Waals surface area contributed by atoms with Crippen LogP contribution in [-0.4, -0.2) is 5.11 Å². The van der Waals surface area contributed by atoms with Crippen molar-refractivity contribution in [2.75, 3.05) is 0 Å². The molecule has 2 aromatic rings. The predicted molar refractivity (Wildman–Crippen MR) is 74.4 cm³/mol. The van der Waals surface area contributed by atoms with Crippen molar-refractivity contribution in [2.45, 2.75) is 13.0 Å². The zero-order valence-electron chi connectivity index (χ0n) is 9.62. The fourth-order valence-electron chi connectivity index (χ4n) is 1.83. The molecule has 0 fully saturated rings. The van der Waals surface area contributed by atoms with Gasteiger partial charge in [-0.15, -0.1) is 0 Å². The molecule has 0 radical (unpaired) electrons. The highest BCUT2D eigenvalue weighted by Gasteiger charge is 2.17. The summed E-state index contributed by atoms with van der Waals surface area (Å²) in [6.45, 7) is 1.87. The Kier molecular flexibility index (Phi) is 4.05. The number of hydrogen-bond acceptors (Lipinski definition) is 1. The molecule has 1 unspecified atom stereocenters. The lowest BCUT2D eigenvalue weighted by Crippen LogP contribution is -2.03. The lowest BCUT2D eigenvalue weighted by molar-refractivity contribution is 0.214. The Morgan fingerprint density at radius 1 is 1.28 bits per heavy atom. The SMILES string of the molecule is Cc1cc(Cl)cc(C(O)c2cccc(Br)c2F)c1. The van der Waals surface area contributed by atoms with Crippen LogP contribution in [-0.2, 0) is 0 Å². The Morgan fingerprint density at radius 2 is 2.00 bits per heavy atom. The van der Waals surface area contributed by atoms with E-state index in [4.69, 9.17) is 11.6 Å². The highest BCUT2D eigenvalue weighted by atomic mass is 79.9. The van der Waals surface area contributed by atoms with E-state index >= 15 is 0 Å². The van der Waals surface area contributed by atoms with Gasteiger partial charge < -0.3 is 5.11 Å². The second kappa shape index (κ2) is 5.39. The van der Waals surface area contributed by atoms with Gasteiger partial charge in [0.25, 0.3) is 0 Å². The summed E-state index contributed by atoms with van der Waals surface area (Å²) in [6.07, 6.45) is -1.03. The third-order valence-corrected chi connectivity index (χ3v) is 3.49. The number of aryl methyl sites for hydroxylation is 1. The second-order valence-corrected chi connectivity index (χ2v) is 5.40. The zero-order chi connectivity index (χ0) is 13.3. The molecule has 0 bridgehead atoms. The predicted octanol–water partition coefficient (Wildman–Crippen LogP) is 4.63.